The number of rotatable bonds is 4. The molecule has 0 saturated carbocycles. The lowest BCUT2D eigenvalue weighted by Crippen LogP contribution is -2.08. The van der Waals surface area contributed by atoms with E-state index in [2.05, 4.69) is 40.0 Å². The summed E-state index contributed by atoms with van der Waals surface area (Å²) < 4.78 is 0.943. The van der Waals surface area contributed by atoms with Gasteiger partial charge in [-0.05, 0) is 60.0 Å². The molecule has 0 saturated heterocycles. The molecule has 0 fully saturated rings. The summed E-state index contributed by atoms with van der Waals surface area (Å²) in [6, 6.07) is 7.96. The molecule has 0 aliphatic carbocycles. The molecule has 104 valence electrons. The van der Waals surface area contributed by atoms with Gasteiger partial charge in [0.05, 0.1) is 10.8 Å². The van der Waals surface area contributed by atoms with Crippen molar-refractivity contribution in [2.24, 2.45) is 0 Å². The van der Waals surface area contributed by atoms with Gasteiger partial charge in [-0.15, -0.1) is 0 Å². The van der Waals surface area contributed by atoms with E-state index in [-0.39, 0.29) is 5.78 Å². The molecule has 0 amide bonds. The number of thioether (sulfide) groups is 1. The van der Waals surface area contributed by atoms with Crippen molar-refractivity contribution in [2.45, 2.75) is 25.8 Å². The van der Waals surface area contributed by atoms with Crippen LogP contribution < -0.4 is 0 Å². The van der Waals surface area contributed by atoms with Gasteiger partial charge in [-0.2, -0.15) is 0 Å². The van der Waals surface area contributed by atoms with Gasteiger partial charge in [-0.3, -0.25) is 4.79 Å². The minimum atomic E-state index is 0.162. The van der Waals surface area contributed by atoms with Crippen LogP contribution in [0, 0.1) is 20.8 Å². The predicted molar refractivity (Wildman–Crippen MR) is 87.6 cm³/mol. The highest BCUT2D eigenvalue weighted by molar-refractivity contribution is 9.10. The van der Waals surface area contributed by atoms with E-state index in [1.165, 1.54) is 17.3 Å². The van der Waals surface area contributed by atoms with Gasteiger partial charge in [0.15, 0.2) is 5.78 Å². The topological polar surface area (TPSA) is 30.0 Å². The lowest BCUT2D eigenvalue weighted by atomic mass is 9.97. The third kappa shape index (κ3) is 3.70. The van der Waals surface area contributed by atoms with E-state index in [4.69, 9.17) is 0 Å². The first-order valence-electron chi connectivity index (χ1n) is 6.33. The minimum absolute atomic E-state index is 0.162. The molecule has 20 heavy (non-hydrogen) atoms. The number of hydrogen-bond donors (Lipinski definition) is 0. The Balaban J connectivity index is 2.11. The highest BCUT2D eigenvalue weighted by Gasteiger charge is 2.13. The van der Waals surface area contributed by atoms with E-state index in [1.807, 2.05) is 26.0 Å². The second kappa shape index (κ2) is 6.55. The first-order chi connectivity index (χ1) is 9.47. The molecule has 1 heterocycles. The van der Waals surface area contributed by atoms with Crippen LogP contribution in [0.5, 0.6) is 0 Å². The number of hydrogen-bond acceptors (Lipinski definition) is 3. The summed E-state index contributed by atoms with van der Waals surface area (Å²) in [6.07, 6.45) is 1.75. The standard InChI is InChI=1S/C16H16BrNOS/c1-10-6-11(2)16(12(3)7-10)14(19)9-20-15-5-4-13(17)8-18-15/h4-8H,9H2,1-3H3. The Morgan fingerprint density at radius 1 is 1.20 bits per heavy atom. The average Bonchev–Trinajstić information content (AvgIpc) is 2.37. The third-order valence-electron chi connectivity index (χ3n) is 3.01. The van der Waals surface area contributed by atoms with Crippen LogP contribution in [-0.2, 0) is 0 Å². The van der Waals surface area contributed by atoms with E-state index >= 15 is 0 Å². The maximum Gasteiger partial charge on any atom is 0.173 e. The molecule has 0 bridgehead atoms. The van der Waals surface area contributed by atoms with E-state index in [9.17, 15) is 4.79 Å². The molecule has 0 radical (unpaired) electrons. The molecule has 2 aromatic rings. The summed E-state index contributed by atoms with van der Waals surface area (Å²) in [6.45, 7) is 6.04. The SMILES string of the molecule is Cc1cc(C)c(C(=O)CSc2ccc(Br)cn2)c(C)c1. The molecule has 2 nitrogen and oxygen atoms in total. The summed E-state index contributed by atoms with van der Waals surface area (Å²) in [5.74, 6) is 0.578. The fourth-order valence-electron chi connectivity index (χ4n) is 2.28. The maximum atomic E-state index is 12.4. The van der Waals surface area contributed by atoms with Crippen molar-refractivity contribution in [1.82, 2.24) is 4.98 Å². The zero-order valence-corrected chi connectivity index (χ0v) is 14.1. The van der Waals surface area contributed by atoms with Gasteiger partial charge in [0.25, 0.3) is 0 Å². The number of halogens is 1. The molecule has 0 aliphatic heterocycles. The molecule has 2 rings (SSSR count). The van der Waals surface area contributed by atoms with Crippen LogP contribution in [0.15, 0.2) is 40.0 Å². The largest absolute Gasteiger partial charge is 0.293 e. The van der Waals surface area contributed by atoms with Crippen LogP contribution in [0.4, 0.5) is 0 Å². The number of aryl methyl sites for hydroxylation is 3. The summed E-state index contributed by atoms with van der Waals surface area (Å²) in [4.78, 5) is 16.6. The Bertz CT molecular complexity index is 614. The number of benzene rings is 1. The highest BCUT2D eigenvalue weighted by atomic mass is 79.9. The number of pyridine rings is 1. The minimum Gasteiger partial charge on any atom is -0.293 e. The number of nitrogens with zero attached hydrogens (tertiary/aromatic N) is 1. The molecule has 0 unspecified atom stereocenters. The third-order valence-corrected chi connectivity index (χ3v) is 4.42. The molecule has 0 spiro atoms. The maximum absolute atomic E-state index is 12.4. The van der Waals surface area contributed by atoms with E-state index in [0.29, 0.717) is 5.75 Å². The average molecular weight is 350 g/mol. The fraction of sp³-hybridized carbons (Fsp3) is 0.250. The smallest absolute Gasteiger partial charge is 0.173 e. The molecule has 1 aromatic heterocycles. The number of carbonyl (C=O) groups is 1. The number of ketones is 1. The Morgan fingerprint density at radius 3 is 2.40 bits per heavy atom. The van der Waals surface area contributed by atoms with Crippen LogP contribution in [0.1, 0.15) is 27.0 Å². The molecular formula is C16H16BrNOS. The van der Waals surface area contributed by atoms with Crippen molar-refractivity contribution in [3.05, 3.63) is 57.2 Å². The van der Waals surface area contributed by atoms with Gasteiger partial charge in [-0.25, -0.2) is 4.98 Å². The van der Waals surface area contributed by atoms with Crippen molar-refractivity contribution in [3.63, 3.8) is 0 Å². The van der Waals surface area contributed by atoms with E-state index in [0.717, 1.165) is 26.2 Å². The summed E-state index contributed by atoms with van der Waals surface area (Å²) in [7, 11) is 0. The van der Waals surface area contributed by atoms with Gasteiger partial charge in [0.1, 0.15) is 0 Å². The van der Waals surface area contributed by atoms with Crippen LogP contribution in [0.3, 0.4) is 0 Å². The summed E-state index contributed by atoms with van der Waals surface area (Å²) in [5.41, 5.74) is 4.15. The number of Topliss-reactive ketones (excluding diaryl/α,β-unsaturated/α-hetero) is 1. The second-order valence-corrected chi connectivity index (χ2v) is 6.71. The van der Waals surface area contributed by atoms with Crippen molar-refractivity contribution < 1.29 is 4.79 Å². The van der Waals surface area contributed by atoms with Crippen molar-refractivity contribution >= 4 is 33.5 Å². The molecule has 0 aliphatic rings. The predicted octanol–water partition coefficient (Wildman–Crippen LogP) is 4.74. The van der Waals surface area contributed by atoms with Gasteiger partial charge >= 0.3 is 0 Å². The number of carbonyl (C=O) groups excluding carboxylic acids is 1. The molecule has 1 aromatic carbocycles. The Morgan fingerprint density at radius 2 is 1.85 bits per heavy atom. The van der Waals surface area contributed by atoms with Crippen molar-refractivity contribution in [1.29, 1.82) is 0 Å². The first kappa shape index (κ1) is 15.3. The zero-order chi connectivity index (χ0) is 14.7. The normalized spacial score (nSPS) is 10.6. The monoisotopic (exact) mass is 349 g/mol. The van der Waals surface area contributed by atoms with Crippen molar-refractivity contribution in [2.75, 3.05) is 5.75 Å². The van der Waals surface area contributed by atoms with Crippen LogP contribution in [-0.4, -0.2) is 16.5 Å². The fourth-order valence-corrected chi connectivity index (χ4v) is 3.23. The summed E-state index contributed by atoms with van der Waals surface area (Å²) >= 11 is 4.82. The highest BCUT2D eigenvalue weighted by Crippen LogP contribution is 2.22. The van der Waals surface area contributed by atoms with Crippen molar-refractivity contribution in [3.8, 4) is 0 Å². The molecule has 4 heteroatoms. The lowest BCUT2D eigenvalue weighted by molar-refractivity contribution is 0.102. The van der Waals surface area contributed by atoms with Gasteiger partial charge in [0.2, 0.25) is 0 Å². The zero-order valence-electron chi connectivity index (χ0n) is 11.7. The summed E-state index contributed by atoms with van der Waals surface area (Å²) in [5, 5.41) is 0.865. The molecular weight excluding hydrogens is 334 g/mol. The second-order valence-electron chi connectivity index (χ2n) is 4.80. The van der Waals surface area contributed by atoms with Gasteiger partial charge in [0, 0.05) is 16.2 Å². The van der Waals surface area contributed by atoms with Gasteiger partial charge < -0.3 is 0 Å². The quantitative estimate of drug-likeness (QED) is 0.589. The van der Waals surface area contributed by atoms with Crippen LogP contribution in [0.2, 0.25) is 0 Å². The van der Waals surface area contributed by atoms with Gasteiger partial charge in [-0.1, -0.05) is 29.5 Å². The Kier molecular flexibility index (Phi) is 5.00. The first-order valence-corrected chi connectivity index (χ1v) is 8.10. The van der Waals surface area contributed by atoms with Crippen LogP contribution in [0.25, 0.3) is 0 Å². The molecule has 0 N–H and O–H groups in total. The van der Waals surface area contributed by atoms with E-state index in [1.54, 1.807) is 6.20 Å². The van der Waals surface area contributed by atoms with E-state index < -0.39 is 0 Å². The lowest BCUT2D eigenvalue weighted by Gasteiger charge is -2.10. The van der Waals surface area contributed by atoms with Crippen LogP contribution >= 0.6 is 27.7 Å². The molecule has 0 atom stereocenters. The Hall–Kier alpha value is -1.13. The Labute approximate surface area is 132 Å². The number of aromatic nitrogens is 1.